The molecule has 2 rings (SSSR count). The number of rotatable bonds is 5. The zero-order chi connectivity index (χ0) is 14.5. The molecule has 0 aliphatic carbocycles. The Morgan fingerprint density at radius 1 is 1.10 bits per heavy atom. The number of aryl methyl sites for hydroxylation is 1. The van der Waals surface area contributed by atoms with Crippen molar-refractivity contribution in [2.24, 2.45) is 0 Å². The average molecular weight is 312 g/mol. The minimum Gasteiger partial charge on any atom is -0.312 e. The summed E-state index contributed by atoms with van der Waals surface area (Å²) in [7, 11) is 0. The Balaban J connectivity index is 1.86. The van der Waals surface area contributed by atoms with Gasteiger partial charge < -0.3 is 5.32 Å². The fourth-order valence-electron chi connectivity index (χ4n) is 2.07. The van der Waals surface area contributed by atoms with Crippen molar-refractivity contribution in [1.29, 1.82) is 0 Å². The molecule has 0 atom stereocenters. The van der Waals surface area contributed by atoms with Gasteiger partial charge in [0, 0.05) is 6.54 Å². The molecule has 0 heterocycles. The summed E-state index contributed by atoms with van der Waals surface area (Å²) in [5.74, 6) is -0.190. The normalized spacial score (nSPS) is 10.8. The Morgan fingerprint density at radius 3 is 2.65 bits per heavy atom. The van der Waals surface area contributed by atoms with Crippen molar-refractivity contribution in [2.75, 3.05) is 6.54 Å². The molecule has 1 N–H and O–H groups in total. The number of nitrogens with one attached hydrogen (secondary N) is 1. The van der Waals surface area contributed by atoms with Crippen molar-refractivity contribution in [2.45, 2.75) is 19.9 Å². The number of hydrogen-bond donors (Lipinski definition) is 1. The monoisotopic (exact) mass is 311 g/mol. The molecule has 0 aliphatic heterocycles. The van der Waals surface area contributed by atoms with Gasteiger partial charge in [-0.25, -0.2) is 4.39 Å². The molecule has 0 saturated carbocycles. The van der Waals surface area contributed by atoms with Crippen LogP contribution >= 0.6 is 23.2 Å². The van der Waals surface area contributed by atoms with E-state index in [2.05, 4.69) is 5.32 Å². The highest BCUT2D eigenvalue weighted by Crippen LogP contribution is 2.25. The fraction of sp³-hybridized carbons (Fsp3) is 0.250. The van der Waals surface area contributed by atoms with Gasteiger partial charge >= 0.3 is 0 Å². The minimum absolute atomic E-state index is 0.190. The molecule has 0 amide bonds. The van der Waals surface area contributed by atoms with Crippen molar-refractivity contribution in [3.63, 3.8) is 0 Å². The average Bonchev–Trinajstić information content (AvgIpc) is 2.41. The Labute approximate surface area is 128 Å². The van der Waals surface area contributed by atoms with Gasteiger partial charge in [0.2, 0.25) is 0 Å². The number of benzene rings is 2. The van der Waals surface area contributed by atoms with Crippen molar-refractivity contribution in [1.82, 2.24) is 5.32 Å². The van der Waals surface area contributed by atoms with E-state index in [0.717, 1.165) is 29.7 Å². The van der Waals surface area contributed by atoms with Crippen LogP contribution in [-0.4, -0.2) is 6.54 Å². The number of halogens is 3. The summed E-state index contributed by atoms with van der Waals surface area (Å²) in [5.41, 5.74) is 3.11. The van der Waals surface area contributed by atoms with Gasteiger partial charge in [0.15, 0.2) is 0 Å². The number of hydrogen-bond acceptors (Lipinski definition) is 1. The Bertz CT molecular complexity index is 599. The van der Waals surface area contributed by atoms with Gasteiger partial charge in [-0.3, -0.25) is 0 Å². The van der Waals surface area contributed by atoms with Gasteiger partial charge in [-0.15, -0.1) is 0 Å². The van der Waals surface area contributed by atoms with E-state index in [1.165, 1.54) is 6.07 Å². The zero-order valence-corrected chi connectivity index (χ0v) is 12.7. The highest BCUT2D eigenvalue weighted by molar-refractivity contribution is 6.42. The molecule has 1 nitrogen and oxygen atoms in total. The fourth-order valence-corrected chi connectivity index (χ4v) is 2.46. The second kappa shape index (κ2) is 7.07. The smallest absolute Gasteiger partial charge is 0.123 e. The lowest BCUT2D eigenvalue weighted by atomic mass is 10.1. The zero-order valence-electron chi connectivity index (χ0n) is 11.2. The third kappa shape index (κ3) is 3.95. The lowest BCUT2D eigenvalue weighted by Gasteiger charge is -2.09. The maximum absolute atomic E-state index is 13.0. The van der Waals surface area contributed by atoms with Gasteiger partial charge in [0.1, 0.15) is 5.82 Å². The maximum atomic E-state index is 13.0. The molecule has 0 aliphatic rings. The Morgan fingerprint density at radius 2 is 1.90 bits per heavy atom. The second-order valence-electron chi connectivity index (χ2n) is 4.71. The first-order valence-corrected chi connectivity index (χ1v) is 7.22. The molecule has 0 aromatic heterocycles. The van der Waals surface area contributed by atoms with Crippen LogP contribution in [0.5, 0.6) is 0 Å². The van der Waals surface area contributed by atoms with E-state index in [1.807, 2.05) is 25.1 Å². The van der Waals surface area contributed by atoms with Crippen molar-refractivity contribution >= 4 is 23.2 Å². The Kier molecular flexibility index (Phi) is 5.41. The largest absolute Gasteiger partial charge is 0.312 e. The summed E-state index contributed by atoms with van der Waals surface area (Å²) in [6.45, 7) is 3.39. The first-order chi connectivity index (χ1) is 9.58. The summed E-state index contributed by atoms with van der Waals surface area (Å²) < 4.78 is 13.0. The van der Waals surface area contributed by atoms with Gasteiger partial charge in [0.05, 0.1) is 10.0 Å². The second-order valence-corrected chi connectivity index (χ2v) is 5.50. The van der Waals surface area contributed by atoms with E-state index in [0.29, 0.717) is 16.6 Å². The summed E-state index contributed by atoms with van der Waals surface area (Å²) in [6.07, 6.45) is 0.851. The SMILES string of the molecule is Cc1cc(F)ccc1CCNCc1cccc(Cl)c1Cl. The predicted octanol–water partition coefficient (Wildman–Crippen LogP) is 4.77. The minimum atomic E-state index is -0.190. The predicted molar refractivity (Wildman–Crippen MR) is 83.0 cm³/mol. The van der Waals surface area contributed by atoms with Gasteiger partial charge in [-0.1, -0.05) is 41.4 Å². The Hall–Kier alpha value is -1.09. The van der Waals surface area contributed by atoms with Gasteiger partial charge in [-0.2, -0.15) is 0 Å². The van der Waals surface area contributed by atoms with Crippen LogP contribution < -0.4 is 5.32 Å². The van der Waals surface area contributed by atoms with E-state index in [4.69, 9.17) is 23.2 Å². The van der Waals surface area contributed by atoms with Crippen LogP contribution in [-0.2, 0) is 13.0 Å². The molecule has 0 bridgehead atoms. The maximum Gasteiger partial charge on any atom is 0.123 e. The summed E-state index contributed by atoms with van der Waals surface area (Å²) in [4.78, 5) is 0. The molecule has 0 spiro atoms. The van der Waals surface area contributed by atoms with Gasteiger partial charge in [-0.05, 0) is 54.8 Å². The van der Waals surface area contributed by atoms with E-state index in [1.54, 1.807) is 12.1 Å². The molecule has 0 unspecified atom stereocenters. The highest BCUT2D eigenvalue weighted by atomic mass is 35.5. The van der Waals surface area contributed by atoms with Crippen molar-refractivity contribution < 1.29 is 4.39 Å². The molecule has 0 radical (unpaired) electrons. The van der Waals surface area contributed by atoms with E-state index < -0.39 is 0 Å². The molecule has 2 aromatic carbocycles. The van der Waals surface area contributed by atoms with Crippen LogP contribution in [0.4, 0.5) is 4.39 Å². The molecule has 106 valence electrons. The van der Waals surface area contributed by atoms with Crippen LogP contribution in [0.1, 0.15) is 16.7 Å². The summed E-state index contributed by atoms with van der Waals surface area (Å²) >= 11 is 12.1. The molecule has 0 fully saturated rings. The molecule has 4 heteroatoms. The van der Waals surface area contributed by atoms with Gasteiger partial charge in [0.25, 0.3) is 0 Å². The highest BCUT2D eigenvalue weighted by Gasteiger charge is 2.04. The van der Waals surface area contributed by atoms with Crippen LogP contribution in [0.25, 0.3) is 0 Å². The van der Waals surface area contributed by atoms with E-state index in [-0.39, 0.29) is 5.82 Å². The van der Waals surface area contributed by atoms with Crippen molar-refractivity contribution in [3.8, 4) is 0 Å². The standard InChI is InChI=1S/C16H16Cl2FN/c1-11-9-14(19)6-5-12(11)7-8-20-10-13-3-2-4-15(17)16(13)18/h2-6,9,20H,7-8,10H2,1H3. The van der Waals surface area contributed by atoms with Crippen LogP contribution in [0.3, 0.4) is 0 Å². The van der Waals surface area contributed by atoms with E-state index in [9.17, 15) is 4.39 Å². The molecule has 2 aromatic rings. The van der Waals surface area contributed by atoms with Crippen LogP contribution in [0.2, 0.25) is 10.0 Å². The first kappa shape index (κ1) is 15.3. The third-order valence-electron chi connectivity index (χ3n) is 3.22. The quantitative estimate of drug-likeness (QED) is 0.784. The topological polar surface area (TPSA) is 12.0 Å². The van der Waals surface area contributed by atoms with E-state index >= 15 is 0 Å². The van der Waals surface area contributed by atoms with Crippen LogP contribution in [0, 0.1) is 12.7 Å². The molecule has 20 heavy (non-hydrogen) atoms. The lowest BCUT2D eigenvalue weighted by Crippen LogP contribution is -2.17. The van der Waals surface area contributed by atoms with Crippen molar-refractivity contribution in [3.05, 3.63) is 69.0 Å². The molecule has 0 saturated heterocycles. The third-order valence-corrected chi connectivity index (χ3v) is 4.08. The molecular weight excluding hydrogens is 296 g/mol. The summed E-state index contributed by atoms with van der Waals surface area (Å²) in [5, 5.41) is 4.49. The first-order valence-electron chi connectivity index (χ1n) is 6.46. The molecular formula is C16H16Cl2FN. The lowest BCUT2D eigenvalue weighted by molar-refractivity contribution is 0.624. The van der Waals surface area contributed by atoms with Crippen LogP contribution in [0.15, 0.2) is 36.4 Å². The summed E-state index contributed by atoms with van der Waals surface area (Å²) in [6, 6.07) is 10.5.